The maximum atomic E-state index is 11.9. The van der Waals surface area contributed by atoms with Gasteiger partial charge < -0.3 is 4.74 Å². The number of thiocarbonyl (C=S) groups is 1. The number of halogens is 1. The SMILES string of the molecule is O=C(COc1cccc(Cl)c1)NNC(=S)NC(=O)c1ccccc1. The Hall–Kier alpha value is -2.64. The van der Waals surface area contributed by atoms with Crippen LogP contribution in [0.3, 0.4) is 0 Å². The Morgan fingerprint density at radius 2 is 1.79 bits per heavy atom. The molecule has 0 fully saturated rings. The fourth-order valence-electron chi connectivity index (χ4n) is 1.66. The lowest BCUT2D eigenvalue weighted by atomic mass is 10.2. The molecule has 0 aliphatic heterocycles. The minimum atomic E-state index is -0.466. The third-order valence-corrected chi connectivity index (χ3v) is 3.18. The van der Waals surface area contributed by atoms with Crippen molar-refractivity contribution < 1.29 is 14.3 Å². The van der Waals surface area contributed by atoms with Gasteiger partial charge in [-0.15, -0.1) is 0 Å². The molecular formula is C16H14ClN3O3S. The topological polar surface area (TPSA) is 79.5 Å². The highest BCUT2D eigenvalue weighted by Crippen LogP contribution is 2.16. The second kappa shape index (κ2) is 8.85. The number of ether oxygens (including phenoxy) is 1. The van der Waals surface area contributed by atoms with Crippen LogP contribution < -0.4 is 20.9 Å². The number of amides is 2. The van der Waals surface area contributed by atoms with E-state index in [4.69, 9.17) is 28.6 Å². The van der Waals surface area contributed by atoms with Crippen molar-refractivity contribution in [2.45, 2.75) is 0 Å². The fourth-order valence-corrected chi connectivity index (χ4v) is 1.99. The maximum absolute atomic E-state index is 11.9. The van der Waals surface area contributed by atoms with Crippen LogP contribution >= 0.6 is 23.8 Å². The van der Waals surface area contributed by atoms with Crippen molar-refractivity contribution in [3.63, 3.8) is 0 Å². The molecule has 8 heteroatoms. The van der Waals surface area contributed by atoms with Gasteiger partial charge >= 0.3 is 0 Å². The van der Waals surface area contributed by atoms with Gasteiger partial charge in [0.2, 0.25) is 0 Å². The molecular weight excluding hydrogens is 350 g/mol. The number of hydrazine groups is 1. The van der Waals surface area contributed by atoms with Crippen molar-refractivity contribution in [1.29, 1.82) is 0 Å². The van der Waals surface area contributed by atoms with Gasteiger partial charge in [0.15, 0.2) is 11.7 Å². The molecule has 0 aliphatic carbocycles. The van der Waals surface area contributed by atoms with Gasteiger partial charge in [-0.2, -0.15) is 0 Å². The van der Waals surface area contributed by atoms with Crippen LogP contribution in [0, 0.1) is 0 Å². The smallest absolute Gasteiger partial charge is 0.276 e. The molecule has 0 atom stereocenters. The van der Waals surface area contributed by atoms with Gasteiger partial charge in [0.25, 0.3) is 11.8 Å². The van der Waals surface area contributed by atoms with Crippen LogP contribution in [0.15, 0.2) is 54.6 Å². The van der Waals surface area contributed by atoms with Gasteiger partial charge in [0.05, 0.1) is 0 Å². The van der Waals surface area contributed by atoms with Crippen molar-refractivity contribution in [2.24, 2.45) is 0 Å². The summed E-state index contributed by atoms with van der Waals surface area (Å²) in [7, 11) is 0. The third kappa shape index (κ3) is 5.86. The Morgan fingerprint density at radius 1 is 1.04 bits per heavy atom. The van der Waals surface area contributed by atoms with Gasteiger partial charge in [-0.1, -0.05) is 35.9 Å². The van der Waals surface area contributed by atoms with Crippen molar-refractivity contribution >= 4 is 40.7 Å². The van der Waals surface area contributed by atoms with E-state index in [0.717, 1.165) is 0 Å². The standard InChI is InChI=1S/C16H14ClN3O3S/c17-12-7-4-8-13(9-12)23-10-14(21)19-20-16(24)18-15(22)11-5-2-1-3-6-11/h1-9H,10H2,(H,19,21)(H2,18,20,22,24). The molecule has 0 spiro atoms. The lowest BCUT2D eigenvalue weighted by molar-refractivity contribution is -0.123. The molecule has 24 heavy (non-hydrogen) atoms. The van der Waals surface area contributed by atoms with E-state index >= 15 is 0 Å². The molecule has 0 aliphatic rings. The number of benzene rings is 2. The first-order chi connectivity index (χ1) is 11.5. The molecule has 0 aromatic heterocycles. The lowest BCUT2D eigenvalue weighted by Gasteiger charge is -2.11. The summed E-state index contributed by atoms with van der Waals surface area (Å²) in [5.41, 5.74) is 5.20. The molecule has 2 rings (SSSR count). The molecule has 2 aromatic carbocycles. The average molecular weight is 364 g/mol. The molecule has 3 N–H and O–H groups in total. The Balaban J connectivity index is 1.71. The van der Waals surface area contributed by atoms with E-state index in [-0.39, 0.29) is 17.6 Å². The zero-order valence-electron chi connectivity index (χ0n) is 12.4. The van der Waals surface area contributed by atoms with E-state index < -0.39 is 5.91 Å². The van der Waals surface area contributed by atoms with Crippen LogP contribution in [-0.2, 0) is 4.79 Å². The van der Waals surface area contributed by atoms with E-state index in [1.165, 1.54) is 0 Å². The Morgan fingerprint density at radius 3 is 2.50 bits per heavy atom. The van der Waals surface area contributed by atoms with Gasteiger partial charge in [-0.3, -0.25) is 25.8 Å². The summed E-state index contributed by atoms with van der Waals surface area (Å²) in [5.74, 6) is -0.374. The second-order valence-corrected chi connectivity index (χ2v) is 5.41. The average Bonchev–Trinajstić information content (AvgIpc) is 2.59. The number of carbonyl (C=O) groups is 2. The first kappa shape index (κ1) is 17.7. The number of carbonyl (C=O) groups excluding carboxylic acids is 2. The third-order valence-electron chi connectivity index (χ3n) is 2.74. The lowest BCUT2D eigenvalue weighted by Crippen LogP contribution is -2.49. The van der Waals surface area contributed by atoms with Crippen molar-refractivity contribution in [2.75, 3.05) is 6.61 Å². The first-order valence-corrected chi connectivity index (χ1v) is 7.67. The Kier molecular flexibility index (Phi) is 6.53. The number of hydrogen-bond acceptors (Lipinski definition) is 4. The van der Waals surface area contributed by atoms with Crippen molar-refractivity contribution in [3.05, 3.63) is 65.2 Å². The van der Waals surface area contributed by atoms with E-state index in [0.29, 0.717) is 16.3 Å². The minimum absolute atomic E-state index is 0.0278. The molecule has 0 saturated carbocycles. The second-order valence-electron chi connectivity index (χ2n) is 4.57. The molecule has 0 heterocycles. The summed E-state index contributed by atoms with van der Waals surface area (Å²) < 4.78 is 5.26. The van der Waals surface area contributed by atoms with Gasteiger partial charge in [-0.25, -0.2) is 0 Å². The van der Waals surface area contributed by atoms with Gasteiger partial charge in [-0.05, 0) is 42.5 Å². The summed E-state index contributed by atoms with van der Waals surface area (Å²) in [4.78, 5) is 23.5. The number of nitrogens with one attached hydrogen (secondary N) is 3. The summed E-state index contributed by atoms with van der Waals surface area (Å²) in [6, 6.07) is 15.2. The van der Waals surface area contributed by atoms with E-state index in [9.17, 15) is 9.59 Å². The zero-order chi connectivity index (χ0) is 17.4. The summed E-state index contributed by atoms with van der Waals surface area (Å²) in [5, 5.41) is 2.92. The van der Waals surface area contributed by atoms with E-state index in [1.54, 1.807) is 54.6 Å². The van der Waals surface area contributed by atoms with Crippen molar-refractivity contribution in [1.82, 2.24) is 16.2 Å². The molecule has 0 saturated heterocycles. The maximum Gasteiger partial charge on any atom is 0.276 e. The van der Waals surface area contributed by atoms with Crippen LogP contribution in [0.2, 0.25) is 5.02 Å². The largest absolute Gasteiger partial charge is 0.484 e. The summed E-state index contributed by atoms with van der Waals surface area (Å²) in [6.45, 7) is -0.234. The highest BCUT2D eigenvalue weighted by atomic mass is 35.5. The highest BCUT2D eigenvalue weighted by Gasteiger charge is 2.08. The summed E-state index contributed by atoms with van der Waals surface area (Å²) >= 11 is 10.7. The fraction of sp³-hybridized carbons (Fsp3) is 0.0625. The molecule has 124 valence electrons. The van der Waals surface area contributed by atoms with Crippen LogP contribution in [-0.4, -0.2) is 23.5 Å². The molecule has 2 aromatic rings. The first-order valence-electron chi connectivity index (χ1n) is 6.88. The van der Waals surface area contributed by atoms with Crippen molar-refractivity contribution in [3.8, 4) is 5.75 Å². The number of hydrogen-bond donors (Lipinski definition) is 3. The Bertz CT molecular complexity index is 740. The normalized spacial score (nSPS) is 9.71. The predicted octanol–water partition coefficient (Wildman–Crippen LogP) is 2.05. The van der Waals surface area contributed by atoms with Crippen LogP contribution in [0.25, 0.3) is 0 Å². The predicted molar refractivity (Wildman–Crippen MR) is 94.7 cm³/mol. The summed E-state index contributed by atoms with van der Waals surface area (Å²) in [6.07, 6.45) is 0. The van der Waals surface area contributed by atoms with Crippen LogP contribution in [0.1, 0.15) is 10.4 Å². The zero-order valence-corrected chi connectivity index (χ0v) is 14.0. The molecule has 0 unspecified atom stereocenters. The van der Waals surface area contributed by atoms with Crippen LogP contribution in [0.4, 0.5) is 0 Å². The van der Waals surface area contributed by atoms with E-state index in [1.807, 2.05) is 0 Å². The number of rotatable bonds is 4. The highest BCUT2D eigenvalue weighted by molar-refractivity contribution is 7.80. The van der Waals surface area contributed by atoms with Crippen LogP contribution in [0.5, 0.6) is 5.75 Å². The minimum Gasteiger partial charge on any atom is -0.484 e. The van der Waals surface area contributed by atoms with Gasteiger partial charge in [0, 0.05) is 10.6 Å². The molecule has 0 radical (unpaired) electrons. The Labute approximate surface area is 149 Å². The monoisotopic (exact) mass is 363 g/mol. The van der Waals surface area contributed by atoms with Gasteiger partial charge in [0.1, 0.15) is 5.75 Å². The molecule has 6 nitrogen and oxygen atoms in total. The van der Waals surface area contributed by atoms with E-state index in [2.05, 4.69) is 16.2 Å². The molecule has 0 bridgehead atoms. The quantitative estimate of drug-likeness (QED) is 0.572. The molecule has 2 amide bonds.